The van der Waals surface area contributed by atoms with E-state index < -0.39 is 0 Å². The van der Waals surface area contributed by atoms with Crippen LogP contribution < -0.4 is 5.73 Å². The number of benzene rings is 1. The molecule has 1 aromatic carbocycles. The van der Waals surface area contributed by atoms with Crippen molar-refractivity contribution in [3.8, 4) is 0 Å². The molecule has 3 N–H and O–H groups in total. The first kappa shape index (κ1) is 16.4. The van der Waals surface area contributed by atoms with Gasteiger partial charge in [0.25, 0.3) is 0 Å². The Morgan fingerprint density at radius 1 is 1.21 bits per heavy atom. The molecule has 4 heteroatoms. The second-order valence-corrected chi connectivity index (χ2v) is 5.59. The molecule has 0 spiro atoms. The van der Waals surface area contributed by atoms with Gasteiger partial charge in [-0.15, -0.1) is 0 Å². The Morgan fingerprint density at radius 2 is 1.84 bits per heavy atom. The first-order valence-corrected chi connectivity index (χ1v) is 7.28. The number of nitrogens with zero attached hydrogens (tertiary/aromatic N) is 1. The second-order valence-electron chi connectivity index (χ2n) is 5.15. The minimum atomic E-state index is 0.0349. The fraction of sp³-hybridized carbons (Fsp3) is 0.600. The molecular weight excluding hydrogens is 260 g/mol. The standard InChI is InChI=1S/C15H25ClN2O/c1-12(2)18(9-3-11-19)10-8-15(17)13-4-6-14(16)7-5-13/h4-7,12,15,19H,3,8-11,17H2,1-2H3. The molecule has 0 radical (unpaired) electrons. The third-order valence-corrected chi connectivity index (χ3v) is 3.61. The van der Waals surface area contributed by atoms with Crippen molar-refractivity contribution in [3.63, 3.8) is 0 Å². The minimum Gasteiger partial charge on any atom is -0.396 e. The van der Waals surface area contributed by atoms with Gasteiger partial charge in [0.2, 0.25) is 0 Å². The van der Waals surface area contributed by atoms with Crippen LogP contribution in [-0.4, -0.2) is 35.7 Å². The molecule has 108 valence electrons. The highest BCUT2D eigenvalue weighted by atomic mass is 35.5. The van der Waals surface area contributed by atoms with Gasteiger partial charge in [-0.3, -0.25) is 0 Å². The Balaban J connectivity index is 2.46. The lowest BCUT2D eigenvalue weighted by Crippen LogP contribution is -2.34. The number of rotatable bonds is 8. The maximum atomic E-state index is 8.91. The van der Waals surface area contributed by atoms with Gasteiger partial charge in [0.1, 0.15) is 0 Å². The first-order valence-electron chi connectivity index (χ1n) is 6.90. The summed E-state index contributed by atoms with van der Waals surface area (Å²) in [6.07, 6.45) is 1.72. The van der Waals surface area contributed by atoms with Gasteiger partial charge in [-0.25, -0.2) is 0 Å². The molecule has 0 aliphatic rings. The molecule has 1 aromatic rings. The van der Waals surface area contributed by atoms with Crippen molar-refractivity contribution < 1.29 is 5.11 Å². The van der Waals surface area contributed by atoms with Gasteiger partial charge in [-0.05, 0) is 44.4 Å². The van der Waals surface area contributed by atoms with Gasteiger partial charge < -0.3 is 15.7 Å². The average molecular weight is 285 g/mol. The lowest BCUT2D eigenvalue weighted by Gasteiger charge is -2.27. The molecule has 0 fully saturated rings. The van der Waals surface area contributed by atoms with E-state index in [-0.39, 0.29) is 12.6 Å². The zero-order valence-corrected chi connectivity index (χ0v) is 12.6. The molecule has 1 rings (SSSR count). The van der Waals surface area contributed by atoms with E-state index in [4.69, 9.17) is 22.4 Å². The molecule has 1 unspecified atom stereocenters. The summed E-state index contributed by atoms with van der Waals surface area (Å²) in [5, 5.41) is 9.65. The number of halogens is 1. The molecular formula is C15H25ClN2O. The molecule has 0 saturated heterocycles. The minimum absolute atomic E-state index is 0.0349. The quantitative estimate of drug-likeness (QED) is 0.772. The summed E-state index contributed by atoms with van der Waals surface area (Å²) in [7, 11) is 0. The van der Waals surface area contributed by atoms with Gasteiger partial charge in [0, 0.05) is 36.8 Å². The van der Waals surface area contributed by atoms with Crippen molar-refractivity contribution >= 4 is 11.6 Å². The lowest BCUT2D eigenvalue weighted by molar-refractivity contribution is 0.186. The molecule has 1 atom stereocenters. The number of nitrogens with two attached hydrogens (primary N) is 1. The summed E-state index contributed by atoms with van der Waals surface area (Å²) < 4.78 is 0. The van der Waals surface area contributed by atoms with Crippen LogP contribution in [0.3, 0.4) is 0 Å². The smallest absolute Gasteiger partial charge is 0.0443 e. The van der Waals surface area contributed by atoms with E-state index in [0.29, 0.717) is 6.04 Å². The zero-order valence-electron chi connectivity index (χ0n) is 11.8. The molecule has 0 aromatic heterocycles. The predicted octanol–water partition coefficient (Wildman–Crippen LogP) is 2.82. The summed E-state index contributed by atoms with van der Waals surface area (Å²) in [5.41, 5.74) is 7.32. The first-order chi connectivity index (χ1) is 9.04. The molecule has 3 nitrogen and oxygen atoms in total. The fourth-order valence-corrected chi connectivity index (χ4v) is 2.21. The highest BCUT2D eigenvalue weighted by Crippen LogP contribution is 2.18. The van der Waals surface area contributed by atoms with Crippen LogP contribution >= 0.6 is 11.6 Å². The van der Waals surface area contributed by atoms with Crippen LogP contribution in [0, 0.1) is 0 Å². The number of aliphatic hydroxyl groups is 1. The Morgan fingerprint density at radius 3 is 2.37 bits per heavy atom. The van der Waals surface area contributed by atoms with Crippen LogP contribution in [-0.2, 0) is 0 Å². The predicted molar refractivity (Wildman–Crippen MR) is 81.4 cm³/mol. The second kappa shape index (κ2) is 8.54. The summed E-state index contributed by atoms with van der Waals surface area (Å²) in [5.74, 6) is 0. The zero-order chi connectivity index (χ0) is 14.3. The van der Waals surface area contributed by atoms with Crippen LogP contribution in [0.5, 0.6) is 0 Å². The van der Waals surface area contributed by atoms with Gasteiger partial charge in [0.05, 0.1) is 0 Å². The van der Waals surface area contributed by atoms with Crippen molar-refractivity contribution in [1.82, 2.24) is 4.90 Å². The molecule has 0 bridgehead atoms. The summed E-state index contributed by atoms with van der Waals surface area (Å²) in [6.45, 7) is 6.45. The van der Waals surface area contributed by atoms with E-state index in [1.807, 2.05) is 24.3 Å². The largest absolute Gasteiger partial charge is 0.396 e. The van der Waals surface area contributed by atoms with Crippen molar-refractivity contribution in [1.29, 1.82) is 0 Å². The molecule has 0 amide bonds. The van der Waals surface area contributed by atoms with E-state index in [0.717, 1.165) is 36.5 Å². The molecule has 0 aliphatic carbocycles. The Kier molecular flexibility index (Phi) is 7.39. The third-order valence-electron chi connectivity index (χ3n) is 3.36. The Hall–Kier alpha value is -0.610. The van der Waals surface area contributed by atoms with E-state index in [9.17, 15) is 0 Å². The van der Waals surface area contributed by atoms with Crippen LogP contribution in [0.15, 0.2) is 24.3 Å². The topological polar surface area (TPSA) is 49.5 Å². The van der Waals surface area contributed by atoms with Crippen molar-refractivity contribution in [2.45, 2.75) is 38.8 Å². The van der Waals surface area contributed by atoms with Crippen molar-refractivity contribution in [2.24, 2.45) is 5.73 Å². The van der Waals surface area contributed by atoms with Gasteiger partial charge in [-0.1, -0.05) is 23.7 Å². The molecule has 0 saturated carbocycles. The summed E-state index contributed by atoms with van der Waals surface area (Å²) in [6, 6.07) is 8.24. The number of hydrogen-bond donors (Lipinski definition) is 2. The highest BCUT2D eigenvalue weighted by Gasteiger charge is 2.12. The summed E-state index contributed by atoms with van der Waals surface area (Å²) in [4.78, 5) is 2.35. The maximum Gasteiger partial charge on any atom is 0.0443 e. The normalized spacial score (nSPS) is 13.2. The Bertz CT molecular complexity index is 354. The van der Waals surface area contributed by atoms with Crippen molar-refractivity contribution in [3.05, 3.63) is 34.9 Å². The van der Waals surface area contributed by atoms with E-state index in [1.165, 1.54) is 0 Å². The number of aliphatic hydroxyl groups excluding tert-OH is 1. The summed E-state index contributed by atoms with van der Waals surface area (Å²) >= 11 is 5.87. The molecule has 0 heterocycles. The van der Waals surface area contributed by atoms with Crippen LogP contribution in [0.4, 0.5) is 0 Å². The Labute approximate surface area is 121 Å². The van der Waals surface area contributed by atoms with Crippen LogP contribution in [0.25, 0.3) is 0 Å². The van der Waals surface area contributed by atoms with E-state index in [2.05, 4.69) is 18.7 Å². The van der Waals surface area contributed by atoms with Gasteiger partial charge >= 0.3 is 0 Å². The lowest BCUT2D eigenvalue weighted by atomic mass is 10.0. The average Bonchev–Trinajstić information content (AvgIpc) is 2.39. The van der Waals surface area contributed by atoms with Crippen molar-refractivity contribution in [2.75, 3.05) is 19.7 Å². The molecule has 19 heavy (non-hydrogen) atoms. The van der Waals surface area contributed by atoms with Gasteiger partial charge in [-0.2, -0.15) is 0 Å². The van der Waals surface area contributed by atoms with E-state index >= 15 is 0 Å². The SMILES string of the molecule is CC(C)N(CCCO)CCC(N)c1ccc(Cl)cc1. The molecule has 0 aliphatic heterocycles. The fourth-order valence-electron chi connectivity index (χ4n) is 2.08. The third kappa shape index (κ3) is 5.91. The van der Waals surface area contributed by atoms with Crippen LogP contribution in [0.1, 0.15) is 38.3 Å². The highest BCUT2D eigenvalue weighted by molar-refractivity contribution is 6.30. The number of hydrogen-bond acceptors (Lipinski definition) is 3. The maximum absolute atomic E-state index is 8.91. The van der Waals surface area contributed by atoms with E-state index in [1.54, 1.807) is 0 Å². The monoisotopic (exact) mass is 284 g/mol. The van der Waals surface area contributed by atoms with Crippen LogP contribution in [0.2, 0.25) is 5.02 Å². The van der Waals surface area contributed by atoms with Gasteiger partial charge in [0.15, 0.2) is 0 Å².